The molecule has 0 aliphatic carbocycles. The summed E-state index contributed by atoms with van der Waals surface area (Å²) in [6, 6.07) is 20.6. The van der Waals surface area contributed by atoms with E-state index in [4.69, 9.17) is 26.4 Å². The van der Waals surface area contributed by atoms with Crippen LogP contribution in [0.3, 0.4) is 0 Å². The van der Waals surface area contributed by atoms with Crippen molar-refractivity contribution in [2.24, 2.45) is 0 Å². The van der Waals surface area contributed by atoms with Gasteiger partial charge in [0.15, 0.2) is 23.9 Å². The third kappa shape index (κ3) is 5.84. The van der Waals surface area contributed by atoms with Crippen LogP contribution in [0.2, 0.25) is 0 Å². The largest absolute Gasteiger partial charge is 0.496 e. The molecule has 0 fully saturated rings. The second-order valence-corrected chi connectivity index (χ2v) is 8.30. The van der Waals surface area contributed by atoms with Crippen molar-refractivity contribution in [2.75, 3.05) is 31.6 Å². The van der Waals surface area contributed by atoms with Crippen molar-refractivity contribution in [1.29, 1.82) is 0 Å². The molecule has 0 saturated carbocycles. The zero-order valence-electron chi connectivity index (χ0n) is 20.2. The molecule has 0 aliphatic heterocycles. The van der Waals surface area contributed by atoms with Crippen LogP contribution in [0.4, 0.5) is 5.69 Å². The molecule has 1 heterocycles. The Bertz CT molecular complexity index is 1400. The van der Waals surface area contributed by atoms with Gasteiger partial charge in [0.25, 0.3) is 5.91 Å². The van der Waals surface area contributed by atoms with Gasteiger partial charge in [0.1, 0.15) is 5.75 Å². The maximum atomic E-state index is 12.3. The fourth-order valence-corrected chi connectivity index (χ4v) is 3.74. The smallest absolute Gasteiger partial charge is 0.262 e. The van der Waals surface area contributed by atoms with Gasteiger partial charge in [-0.2, -0.15) is 5.10 Å². The number of aromatic amines is 1. The van der Waals surface area contributed by atoms with Gasteiger partial charge >= 0.3 is 0 Å². The average molecular weight is 506 g/mol. The lowest BCUT2D eigenvalue weighted by molar-refractivity contribution is -0.118. The van der Waals surface area contributed by atoms with Gasteiger partial charge in [-0.15, -0.1) is 0 Å². The van der Waals surface area contributed by atoms with E-state index in [1.807, 2.05) is 67.6 Å². The molecule has 1 aromatic heterocycles. The Kier molecular flexibility index (Phi) is 7.86. The number of carbonyl (C=O) groups is 1. The molecule has 0 unspecified atom stereocenters. The minimum atomic E-state index is -0.259. The summed E-state index contributed by atoms with van der Waals surface area (Å²) in [4.78, 5) is 12.3. The Morgan fingerprint density at radius 3 is 2.50 bits per heavy atom. The standard InChI is InChI=1S/C26H27N5O4S/c1-17-8-11-19(12-9-17)28-24(32)16-35-22-13-10-18(14-23(22)34-3)15-27-31-25(29-30-26(31)36)20-6-4-5-7-21(20)33-2/h4-14,27H,15-16H2,1-3H3,(H,28,32)(H,30,36). The van der Waals surface area contributed by atoms with Crippen molar-refractivity contribution >= 4 is 23.8 Å². The van der Waals surface area contributed by atoms with Gasteiger partial charge in [-0.05, 0) is 61.1 Å². The van der Waals surface area contributed by atoms with Gasteiger partial charge in [0, 0.05) is 5.69 Å². The number of rotatable bonds is 10. The Balaban J connectivity index is 1.42. The van der Waals surface area contributed by atoms with Crippen molar-refractivity contribution in [3.8, 4) is 28.6 Å². The van der Waals surface area contributed by atoms with E-state index in [0.29, 0.717) is 40.1 Å². The average Bonchev–Trinajstić information content (AvgIpc) is 3.27. The predicted molar refractivity (Wildman–Crippen MR) is 141 cm³/mol. The van der Waals surface area contributed by atoms with Crippen LogP contribution in [0.25, 0.3) is 11.4 Å². The van der Waals surface area contributed by atoms with E-state index < -0.39 is 0 Å². The van der Waals surface area contributed by atoms with E-state index in [2.05, 4.69) is 20.9 Å². The molecule has 3 aromatic carbocycles. The van der Waals surface area contributed by atoms with Crippen LogP contribution in [0.1, 0.15) is 11.1 Å². The van der Waals surface area contributed by atoms with E-state index in [1.165, 1.54) is 0 Å². The number of benzene rings is 3. The number of hydrogen-bond acceptors (Lipinski definition) is 7. The van der Waals surface area contributed by atoms with Crippen molar-refractivity contribution < 1.29 is 19.0 Å². The van der Waals surface area contributed by atoms with Gasteiger partial charge in [0.2, 0.25) is 4.77 Å². The fourth-order valence-electron chi connectivity index (χ4n) is 3.54. The van der Waals surface area contributed by atoms with Gasteiger partial charge in [-0.25, -0.2) is 9.77 Å². The van der Waals surface area contributed by atoms with Gasteiger partial charge in [-0.3, -0.25) is 4.79 Å². The third-order valence-electron chi connectivity index (χ3n) is 5.38. The monoisotopic (exact) mass is 505 g/mol. The lowest BCUT2D eigenvalue weighted by atomic mass is 10.2. The highest BCUT2D eigenvalue weighted by Gasteiger charge is 2.14. The molecule has 0 radical (unpaired) electrons. The first-order valence-corrected chi connectivity index (χ1v) is 11.6. The van der Waals surface area contributed by atoms with Crippen LogP contribution in [-0.4, -0.2) is 41.6 Å². The van der Waals surface area contributed by atoms with Gasteiger partial charge in [-0.1, -0.05) is 35.9 Å². The van der Waals surface area contributed by atoms with E-state index in [0.717, 1.165) is 16.7 Å². The molecule has 0 bridgehead atoms. The number of nitrogens with zero attached hydrogens (tertiary/aromatic N) is 2. The molecule has 4 rings (SSSR count). The SMILES string of the molecule is COc1cc(CNn2c(-c3ccccc3OC)n[nH]c2=S)ccc1OCC(=O)Nc1ccc(C)cc1. The number of amides is 1. The summed E-state index contributed by atoms with van der Waals surface area (Å²) < 4.78 is 18.8. The number of hydrogen-bond donors (Lipinski definition) is 3. The number of aromatic nitrogens is 3. The Morgan fingerprint density at radius 2 is 1.75 bits per heavy atom. The Labute approximate surface area is 214 Å². The summed E-state index contributed by atoms with van der Waals surface area (Å²) in [5, 5.41) is 9.98. The van der Waals surface area contributed by atoms with Crippen LogP contribution in [-0.2, 0) is 11.3 Å². The topological polar surface area (TPSA) is 102 Å². The van der Waals surface area contributed by atoms with Crippen molar-refractivity contribution in [2.45, 2.75) is 13.5 Å². The molecule has 0 spiro atoms. The molecular weight excluding hydrogens is 478 g/mol. The zero-order valence-corrected chi connectivity index (χ0v) is 21.0. The highest BCUT2D eigenvalue weighted by Crippen LogP contribution is 2.29. The first-order valence-electron chi connectivity index (χ1n) is 11.2. The van der Waals surface area contributed by atoms with Crippen LogP contribution >= 0.6 is 12.2 Å². The number of anilines is 1. The Morgan fingerprint density at radius 1 is 1.00 bits per heavy atom. The van der Waals surface area contributed by atoms with Crippen LogP contribution in [0.5, 0.6) is 17.2 Å². The van der Waals surface area contributed by atoms with Crippen LogP contribution < -0.4 is 25.0 Å². The molecule has 0 atom stereocenters. The molecule has 9 nitrogen and oxygen atoms in total. The second-order valence-electron chi connectivity index (χ2n) is 7.91. The maximum absolute atomic E-state index is 12.3. The summed E-state index contributed by atoms with van der Waals surface area (Å²) in [5.41, 5.74) is 6.83. The predicted octanol–water partition coefficient (Wildman–Crippen LogP) is 4.69. The normalized spacial score (nSPS) is 10.5. The number of ether oxygens (including phenoxy) is 3. The summed E-state index contributed by atoms with van der Waals surface area (Å²) in [7, 11) is 3.16. The quantitative estimate of drug-likeness (QED) is 0.269. The molecule has 36 heavy (non-hydrogen) atoms. The second kappa shape index (κ2) is 11.4. The first-order chi connectivity index (χ1) is 17.5. The van der Waals surface area contributed by atoms with Gasteiger partial charge in [0.05, 0.1) is 26.3 Å². The highest BCUT2D eigenvalue weighted by atomic mass is 32.1. The molecule has 1 amide bonds. The van der Waals surface area contributed by atoms with Crippen molar-refractivity contribution in [1.82, 2.24) is 14.9 Å². The highest BCUT2D eigenvalue weighted by molar-refractivity contribution is 7.71. The summed E-state index contributed by atoms with van der Waals surface area (Å²) in [5.74, 6) is 2.01. The molecule has 186 valence electrons. The minimum Gasteiger partial charge on any atom is -0.496 e. The lowest BCUT2D eigenvalue weighted by Gasteiger charge is -2.14. The molecule has 0 saturated heterocycles. The number of nitrogens with one attached hydrogen (secondary N) is 3. The summed E-state index contributed by atoms with van der Waals surface area (Å²) >= 11 is 5.41. The maximum Gasteiger partial charge on any atom is 0.262 e. The summed E-state index contributed by atoms with van der Waals surface area (Å²) in [6.07, 6.45) is 0. The fraction of sp³-hybridized carbons (Fsp3) is 0.192. The number of carbonyl (C=O) groups excluding carboxylic acids is 1. The molecule has 0 aliphatic rings. The van der Waals surface area contributed by atoms with Crippen molar-refractivity contribution in [3.63, 3.8) is 0 Å². The minimum absolute atomic E-state index is 0.145. The molecule has 10 heteroatoms. The molecular formula is C26H27N5O4S. The first kappa shape index (κ1) is 24.8. The lowest BCUT2D eigenvalue weighted by Crippen LogP contribution is -2.20. The van der Waals surface area contributed by atoms with E-state index in [9.17, 15) is 4.79 Å². The Hall–Kier alpha value is -4.31. The number of aryl methyl sites for hydroxylation is 1. The van der Waals surface area contributed by atoms with Gasteiger partial charge < -0.3 is 25.0 Å². The van der Waals surface area contributed by atoms with E-state index >= 15 is 0 Å². The summed E-state index contributed by atoms with van der Waals surface area (Å²) in [6.45, 7) is 2.28. The van der Waals surface area contributed by atoms with Crippen LogP contribution in [0, 0.1) is 11.7 Å². The third-order valence-corrected chi connectivity index (χ3v) is 5.66. The molecule has 4 aromatic rings. The van der Waals surface area contributed by atoms with Crippen molar-refractivity contribution in [3.05, 3.63) is 82.6 Å². The molecule has 3 N–H and O–H groups in total. The van der Waals surface area contributed by atoms with E-state index in [-0.39, 0.29) is 12.5 Å². The number of H-pyrrole nitrogens is 1. The van der Waals surface area contributed by atoms with E-state index in [1.54, 1.807) is 25.0 Å². The zero-order chi connectivity index (χ0) is 25.5. The number of para-hydroxylation sites is 1. The van der Waals surface area contributed by atoms with Crippen LogP contribution in [0.15, 0.2) is 66.7 Å². The number of methoxy groups -OCH3 is 2.